The molecule has 0 spiro atoms. The molecular weight excluding hydrogens is 238 g/mol. The normalized spacial score (nSPS) is 12.5. The minimum atomic E-state index is 0.211. The van der Waals surface area contributed by atoms with Crippen molar-refractivity contribution in [3.8, 4) is 5.75 Å². The van der Waals surface area contributed by atoms with Crippen molar-refractivity contribution in [1.29, 1.82) is 0 Å². The summed E-state index contributed by atoms with van der Waals surface area (Å²) >= 11 is 6.13. The number of hydrogen-bond acceptors (Lipinski definition) is 3. The van der Waals surface area contributed by atoms with Crippen molar-refractivity contribution in [3.05, 3.63) is 28.8 Å². The summed E-state index contributed by atoms with van der Waals surface area (Å²) in [6, 6.07) is 6.12. The van der Waals surface area contributed by atoms with E-state index in [9.17, 15) is 0 Å². The summed E-state index contributed by atoms with van der Waals surface area (Å²) in [5.41, 5.74) is 1.16. The molecule has 1 atom stereocenters. The van der Waals surface area contributed by atoms with Gasteiger partial charge in [-0.2, -0.15) is 0 Å². The Balaban J connectivity index is 2.67. The summed E-state index contributed by atoms with van der Waals surface area (Å²) in [6.07, 6.45) is 1.12. The minimum Gasteiger partial charge on any atom is -0.466 e. The number of nitrogens with one attached hydrogen (secondary N) is 1. The van der Waals surface area contributed by atoms with Crippen molar-refractivity contribution >= 4 is 11.6 Å². The molecule has 0 aliphatic rings. The predicted octanol–water partition coefficient (Wildman–Crippen LogP) is 3.38. The zero-order valence-electron chi connectivity index (χ0n) is 10.6. The van der Waals surface area contributed by atoms with Crippen LogP contribution in [0.1, 0.15) is 31.9 Å². The third-order valence-corrected chi connectivity index (χ3v) is 2.78. The molecule has 0 radical (unpaired) electrons. The third kappa shape index (κ3) is 4.54. The quantitative estimate of drug-likeness (QED) is 0.760. The standard InChI is InChI=1S/C13H20ClNO2/c1-4-7-15-10(2)11-5-6-13(12(14)8-11)17-9-16-3/h5-6,8,10,15H,4,7,9H2,1-3H3. The molecule has 3 nitrogen and oxygen atoms in total. The van der Waals surface area contributed by atoms with E-state index < -0.39 is 0 Å². The van der Waals surface area contributed by atoms with E-state index in [0.29, 0.717) is 16.8 Å². The number of hydrogen-bond donors (Lipinski definition) is 1. The van der Waals surface area contributed by atoms with Crippen LogP contribution in [0.15, 0.2) is 18.2 Å². The smallest absolute Gasteiger partial charge is 0.188 e. The molecule has 1 unspecified atom stereocenters. The molecule has 0 heterocycles. The second kappa shape index (κ2) is 7.54. The number of ether oxygens (including phenoxy) is 2. The number of benzene rings is 1. The maximum absolute atomic E-state index is 6.13. The van der Waals surface area contributed by atoms with Gasteiger partial charge in [0.25, 0.3) is 0 Å². The van der Waals surface area contributed by atoms with Gasteiger partial charge in [-0.15, -0.1) is 0 Å². The monoisotopic (exact) mass is 257 g/mol. The van der Waals surface area contributed by atoms with Gasteiger partial charge in [-0.05, 0) is 37.6 Å². The van der Waals surface area contributed by atoms with Crippen molar-refractivity contribution in [3.63, 3.8) is 0 Å². The lowest BCUT2D eigenvalue weighted by molar-refractivity contribution is 0.0512. The van der Waals surface area contributed by atoms with Gasteiger partial charge >= 0.3 is 0 Å². The van der Waals surface area contributed by atoms with E-state index in [2.05, 4.69) is 19.2 Å². The van der Waals surface area contributed by atoms with E-state index in [1.165, 1.54) is 0 Å². The van der Waals surface area contributed by atoms with Crippen molar-refractivity contribution in [2.75, 3.05) is 20.4 Å². The van der Waals surface area contributed by atoms with Crippen molar-refractivity contribution in [1.82, 2.24) is 5.32 Å². The van der Waals surface area contributed by atoms with Gasteiger partial charge in [-0.25, -0.2) is 0 Å². The Morgan fingerprint density at radius 3 is 2.76 bits per heavy atom. The first-order valence-corrected chi connectivity index (χ1v) is 6.21. The van der Waals surface area contributed by atoms with E-state index in [-0.39, 0.29) is 6.79 Å². The topological polar surface area (TPSA) is 30.5 Å². The van der Waals surface area contributed by atoms with Gasteiger partial charge in [-0.1, -0.05) is 24.6 Å². The molecule has 0 aliphatic heterocycles. The Hall–Kier alpha value is -0.770. The Bertz CT molecular complexity index is 344. The molecule has 1 N–H and O–H groups in total. The number of rotatable bonds is 7. The Kier molecular flexibility index (Phi) is 6.34. The van der Waals surface area contributed by atoms with Crippen LogP contribution in [0.5, 0.6) is 5.75 Å². The average Bonchev–Trinajstić information content (AvgIpc) is 2.34. The summed E-state index contributed by atoms with van der Waals surface area (Å²) in [5.74, 6) is 0.653. The molecule has 4 heteroatoms. The first-order chi connectivity index (χ1) is 8.19. The molecule has 0 fully saturated rings. The first-order valence-electron chi connectivity index (χ1n) is 5.83. The zero-order valence-corrected chi connectivity index (χ0v) is 11.4. The molecule has 1 rings (SSSR count). The van der Waals surface area contributed by atoms with Crippen LogP contribution in [-0.4, -0.2) is 20.4 Å². The lowest BCUT2D eigenvalue weighted by Gasteiger charge is -2.15. The van der Waals surface area contributed by atoms with E-state index in [1.54, 1.807) is 7.11 Å². The highest BCUT2D eigenvalue weighted by atomic mass is 35.5. The van der Waals surface area contributed by atoms with Gasteiger partial charge in [0.15, 0.2) is 6.79 Å². The molecule has 0 bridgehead atoms. The van der Waals surface area contributed by atoms with Gasteiger partial charge < -0.3 is 14.8 Å². The van der Waals surface area contributed by atoms with Crippen LogP contribution in [0.3, 0.4) is 0 Å². The van der Waals surface area contributed by atoms with Gasteiger partial charge in [-0.3, -0.25) is 0 Å². The summed E-state index contributed by atoms with van der Waals surface area (Å²) < 4.78 is 10.2. The molecule has 0 saturated carbocycles. The maximum atomic E-state index is 6.13. The van der Waals surface area contributed by atoms with E-state index in [4.69, 9.17) is 21.1 Å². The van der Waals surface area contributed by atoms with E-state index in [1.807, 2.05) is 18.2 Å². The second-order valence-corrected chi connectivity index (χ2v) is 4.32. The molecule has 96 valence electrons. The van der Waals surface area contributed by atoms with E-state index in [0.717, 1.165) is 18.5 Å². The highest BCUT2D eigenvalue weighted by molar-refractivity contribution is 6.32. The first kappa shape index (κ1) is 14.3. The zero-order chi connectivity index (χ0) is 12.7. The van der Waals surface area contributed by atoms with Crippen LogP contribution < -0.4 is 10.1 Å². The van der Waals surface area contributed by atoms with Crippen LogP contribution in [0.4, 0.5) is 0 Å². The lowest BCUT2D eigenvalue weighted by atomic mass is 10.1. The molecule has 1 aromatic rings. The predicted molar refractivity (Wildman–Crippen MR) is 70.7 cm³/mol. The second-order valence-electron chi connectivity index (χ2n) is 3.92. The van der Waals surface area contributed by atoms with Crippen LogP contribution in [0.2, 0.25) is 5.02 Å². The third-order valence-electron chi connectivity index (χ3n) is 2.49. The number of halogens is 1. The Morgan fingerprint density at radius 1 is 1.41 bits per heavy atom. The highest BCUT2D eigenvalue weighted by Gasteiger charge is 2.08. The molecule has 0 amide bonds. The van der Waals surface area contributed by atoms with Crippen molar-refractivity contribution in [2.24, 2.45) is 0 Å². The average molecular weight is 258 g/mol. The SMILES string of the molecule is CCCNC(C)c1ccc(OCOC)c(Cl)c1. The molecule has 0 saturated heterocycles. The largest absolute Gasteiger partial charge is 0.466 e. The van der Waals surface area contributed by atoms with E-state index >= 15 is 0 Å². The van der Waals surface area contributed by atoms with Crippen molar-refractivity contribution in [2.45, 2.75) is 26.3 Å². The van der Waals surface area contributed by atoms with Gasteiger partial charge in [0, 0.05) is 13.2 Å². The molecule has 0 aliphatic carbocycles. The molecular formula is C13H20ClNO2. The van der Waals surface area contributed by atoms with Crippen LogP contribution in [0, 0.1) is 0 Å². The summed E-state index contributed by atoms with van der Waals surface area (Å²) in [5, 5.41) is 4.03. The molecule has 1 aromatic carbocycles. The summed E-state index contributed by atoms with van der Waals surface area (Å²) in [4.78, 5) is 0. The summed E-state index contributed by atoms with van der Waals surface area (Å²) in [7, 11) is 1.58. The maximum Gasteiger partial charge on any atom is 0.188 e. The fraction of sp³-hybridized carbons (Fsp3) is 0.538. The van der Waals surface area contributed by atoms with Crippen LogP contribution in [0.25, 0.3) is 0 Å². The van der Waals surface area contributed by atoms with Crippen LogP contribution >= 0.6 is 11.6 Å². The molecule has 17 heavy (non-hydrogen) atoms. The van der Waals surface area contributed by atoms with Gasteiger partial charge in [0.2, 0.25) is 0 Å². The molecule has 0 aromatic heterocycles. The van der Waals surface area contributed by atoms with Gasteiger partial charge in [0.1, 0.15) is 5.75 Å². The fourth-order valence-corrected chi connectivity index (χ4v) is 1.75. The Labute approximate surface area is 108 Å². The lowest BCUT2D eigenvalue weighted by Crippen LogP contribution is -2.19. The fourth-order valence-electron chi connectivity index (χ4n) is 1.50. The highest BCUT2D eigenvalue weighted by Crippen LogP contribution is 2.27. The minimum absolute atomic E-state index is 0.211. The summed E-state index contributed by atoms with van der Waals surface area (Å²) in [6.45, 7) is 5.48. The number of methoxy groups -OCH3 is 1. The van der Waals surface area contributed by atoms with Gasteiger partial charge in [0.05, 0.1) is 5.02 Å². The van der Waals surface area contributed by atoms with Crippen LogP contribution in [-0.2, 0) is 4.74 Å². The Morgan fingerprint density at radius 2 is 2.18 bits per heavy atom. The van der Waals surface area contributed by atoms with Crippen molar-refractivity contribution < 1.29 is 9.47 Å².